The number of aromatic nitrogens is 2. The van der Waals surface area contributed by atoms with Gasteiger partial charge in [-0.1, -0.05) is 28.9 Å². The van der Waals surface area contributed by atoms with Crippen LogP contribution in [0.5, 0.6) is 0 Å². The summed E-state index contributed by atoms with van der Waals surface area (Å²) in [6, 6.07) is 6.85. The van der Waals surface area contributed by atoms with Gasteiger partial charge in [-0.25, -0.2) is 4.98 Å². The fourth-order valence-electron chi connectivity index (χ4n) is 3.55. The van der Waals surface area contributed by atoms with E-state index >= 15 is 0 Å². The molecule has 156 valence electrons. The molecule has 2 aromatic heterocycles. The normalized spacial score (nSPS) is 15.6. The molecule has 0 spiro atoms. The fourth-order valence-corrected chi connectivity index (χ4v) is 5.35. The van der Waals surface area contributed by atoms with Gasteiger partial charge in [0.15, 0.2) is 0 Å². The maximum absolute atomic E-state index is 12.6. The molecular formula is C21H20BrN3O4S. The van der Waals surface area contributed by atoms with Gasteiger partial charge in [-0.05, 0) is 48.9 Å². The van der Waals surface area contributed by atoms with Gasteiger partial charge in [0.05, 0.1) is 5.39 Å². The van der Waals surface area contributed by atoms with Crippen LogP contribution >= 0.6 is 27.3 Å². The first-order valence-corrected chi connectivity index (χ1v) is 11.2. The smallest absolute Gasteiger partial charge is 0.325 e. The molecule has 0 aliphatic heterocycles. The lowest BCUT2D eigenvalue weighted by Crippen LogP contribution is -2.30. The first-order chi connectivity index (χ1) is 14.4. The number of H-pyrrole nitrogens is 1. The van der Waals surface area contributed by atoms with E-state index in [2.05, 4.69) is 38.1 Å². The highest BCUT2D eigenvalue weighted by Crippen LogP contribution is 2.35. The maximum atomic E-state index is 12.6. The second-order valence-corrected chi connectivity index (χ2v) is 9.40. The number of esters is 1. The maximum Gasteiger partial charge on any atom is 0.325 e. The average Bonchev–Trinajstić information content (AvgIpc) is 3.08. The molecule has 1 aliphatic carbocycles. The highest BCUT2D eigenvalue weighted by atomic mass is 79.9. The summed E-state index contributed by atoms with van der Waals surface area (Å²) in [6.45, 7) is 1.78. The molecular weight excluding hydrogens is 470 g/mol. The Morgan fingerprint density at radius 1 is 1.40 bits per heavy atom. The van der Waals surface area contributed by atoms with Gasteiger partial charge in [-0.15, -0.1) is 11.3 Å². The summed E-state index contributed by atoms with van der Waals surface area (Å²) < 4.78 is 5.94. The van der Waals surface area contributed by atoms with E-state index < -0.39 is 5.97 Å². The number of aromatic amines is 1. The highest BCUT2D eigenvalue weighted by Gasteiger charge is 2.23. The lowest BCUT2D eigenvalue weighted by Gasteiger charge is -2.17. The van der Waals surface area contributed by atoms with E-state index in [1.165, 1.54) is 4.88 Å². The zero-order chi connectivity index (χ0) is 21.3. The Morgan fingerprint density at radius 2 is 2.23 bits per heavy atom. The van der Waals surface area contributed by atoms with Crippen LogP contribution in [0, 0.1) is 5.92 Å². The third-order valence-corrected chi connectivity index (χ3v) is 6.71. The predicted molar refractivity (Wildman–Crippen MR) is 118 cm³/mol. The quantitative estimate of drug-likeness (QED) is 0.535. The number of benzene rings is 1. The van der Waals surface area contributed by atoms with E-state index in [1.54, 1.807) is 35.6 Å². The van der Waals surface area contributed by atoms with Gasteiger partial charge in [0.2, 0.25) is 0 Å². The molecule has 0 saturated carbocycles. The molecule has 1 unspecified atom stereocenters. The lowest BCUT2D eigenvalue weighted by molar-refractivity contribution is -0.143. The van der Waals surface area contributed by atoms with Gasteiger partial charge >= 0.3 is 5.97 Å². The third kappa shape index (κ3) is 4.46. The number of halogens is 1. The Bertz CT molecular complexity index is 1190. The SMILES string of the molecule is CC1CCc2c(sc3nc(COC(=O)CNC(=O)c4cccc(Br)c4)[nH]c(=O)c23)C1. The number of nitrogens with zero attached hydrogens (tertiary/aromatic N) is 1. The summed E-state index contributed by atoms with van der Waals surface area (Å²) >= 11 is 4.85. The van der Waals surface area contributed by atoms with Crippen LogP contribution in [0.15, 0.2) is 33.5 Å². The van der Waals surface area contributed by atoms with E-state index in [1.807, 2.05) is 0 Å². The Morgan fingerprint density at radius 3 is 3.03 bits per heavy atom. The van der Waals surface area contributed by atoms with Crippen molar-refractivity contribution in [2.45, 2.75) is 32.8 Å². The summed E-state index contributed by atoms with van der Waals surface area (Å²) in [5, 5.41) is 3.18. The number of hydrogen-bond acceptors (Lipinski definition) is 6. The van der Waals surface area contributed by atoms with Gasteiger partial charge in [0.1, 0.15) is 23.8 Å². The van der Waals surface area contributed by atoms with E-state index in [0.29, 0.717) is 27.5 Å². The first kappa shape index (κ1) is 20.7. The largest absolute Gasteiger partial charge is 0.456 e. The molecule has 1 amide bonds. The van der Waals surface area contributed by atoms with Crippen molar-refractivity contribution in [2.75, 3.05) is 6.54 Å². The molecule has 0 saturated heterocycles. The summed E-state index contributed by atoms with van der Waals surface area (Å²) in [5.74, 6) is -0.0805. The molecule has 30 heavy (non-hydrogen) atoms. The molecule has 1 atom stereocenters. The number of carbonyl (C=O) groups is 2. The Hall–Kier alpha value is -2.52. The van der Waals surface area contributed by atoms with Gasteiger partial charge in [-0.3, -0.25) is 14.4 Å². The van der Waals surface area contributed by atoms with Crippen LogP contribution in [-0.2, 0) is 29.0 Å². The van der Waals surface area contributed by atoms with E-state index in [-0.39, 0.29) is 24.6 Å². The van der Waals surface area contributed by atoms with E-state index in [0.717, 1.165) is 29.3 Å². The van der Waals surface area contributed by atoms with Crippen molar-refractivity contribution >= 4 is 49.4 Å². The van der Waals surface area contributed by atoms with Crippen LogP contribution < -0.4 is 10.9 Å². The second-order valence-electron chi connectivity index (χ2n) is 7.40. The molecule has 9 heteroatoms. The zero-order valence-corrected chi connectivity index (χ0v) is 18.7. The van der Waals surface area contributed by atoms with Crippen LogP contribution in [0.25, 0.3) is 10.2 Å². The molecule has 0 bridgehead atoms. The number of aryl methyl sites for hydroxylation is 1. The predicted octanol–water partition coefficient (Wildman–Crippen LogP) is 3.35. The number of ether oxygens (including phenoxy) is 1. The van der Waals surface area contributed by atoms with Crippen LogP contribution in [-0.4, -0.2) is 28.4 Å². The highest BCUT2D eigenvalue weighted by molar-refractivity contribution is 9.10. The molecule has 1 aliphatic rings. The number of fused-ring (bicyclic) bond motifs is 3. The molecule has 7 nitrogen and oxygen atoms in total. The number of amides is 1. The number of nitrogens with one attached hydrogen (secondary N) is 2. The zero-order valence-electron chi connectivity index (χ0n) is 16.3. The molecule has 0 fully saturated rings. The van der Waals surface area contributed by atoms with E-state index in [4.69, 9.17) is 4.74 Å². The van der Waals surface area contributed by atoms with Crippen molar-refractivity contribution < 1.29 is 14.3 Å². The van der Waals surface area contributed by atoms with Crippen LogP contribution in [0.2, 0.25) is 0 Å². The summed E-state index contributed by atoms with van der Waals surface area (Å²) in [4.78, 5) is 45.8. The third-order valence-electron chi connectivity index (χ3n) is 5.06. The fraction of sp³-hybridized carbons (Fsp3) is 0.333. The van der Waals surface area contributed by atoms with Crippen molar-refractivity contribution in [1.29, 1.82) is 0 Å². The van der Waals surface area contributed by atoms with Gasteiger partial charge in [-0.2, -0.15) is 0 Å². The van der Waals surface area contributed by atoms with Gasteiger partial charge < -0.3 is 15.0 Å². The monoisotopic (exact) mass is 489 g/mol. The lowest BCUT2D eigenvalue weighted by atomic mass is 9.89. The van der Waals surface area contributed by atoms with Crippen molar-refractivity contribution in [3.63, 3.8) is 0 Å². The molecule has 2 N–H and O–H groups in total. The standard InChI is InChI=1S/C21H20BrN3O4S/c1-11-5-6-14-15(7-11)30-21-18(14)20(28)24-16(25-21)10-29-17(26)9-23-19(27)12-3-2-4-13(22)8-12/h2-4,8,11H,5-7,9-10H2,1H3,(H,23,27)(H,24,25,28). The minimum absolute atomic E-state index is 0.157. The van der Waals surface area contributed by atoms with Gasteiger partial charge in [0.25, 0.3) is 11.5 Å². The van der Waals surface area contributed by atoms with Crippen LogP contribution in [0.1, 0.15) is 40.0 Å². The average molecular weight is 490 g/mol. The first-order valence-electron chi connectivity index (χ1n) is 9.63. The molecule has 1 aromatic carbocycles. The topological polar surface area (TPSA) is 101 Å². The second kappa shape index (κ2) is 8.69. The van der Waals surface area contributed by atoms with Crippen molar-refractivity contribution in [3.8, 4) is 0 Å². The number of carbonyl (C=O) groups excluding carboxylic acids is 2. The minimum Gasteiger partial charge on any atom is -0.456 e. The molecule has 3 aromatic rings. The van der Waals surface area contributed by atoms with Crippen molar-refractivity contribution in [3.05, 3.63) is 60.9 Å². The number of hydrogen-bond donors (Lipinski definition) is 2. The van der Waals surface area contributed by atoms with E-state index in [9.17, 15) is 14.4 Å². The Kier molecular flexibility index (Phi) is 6.01. The van der Waals surface area contributed by atoms with Crippen molar-refractivity contribution in [1.82, 2.24) is 15.3 Å². The van der Waals surface area contributed by atoms with Crippen molar-refractivity contribution in [2.24, 2.45) is 5.92 Å². The molecule has 4 rings (SSSR count). The molecule has 2 heterocycles. The molecule has 0 radical (unpaired) electrons. The summed E-state index contributed by atoms with van der Waals surface area (Å²) in [6.07, 6.45) is 2.94. The number of thiophene rings is 1. The summed E-state index contributed by atoms with van der Waals surface area (Å²) in [7, 11) is 0. The number of rotatable bonds is 5. The Balaban J connectivity index is 1.38. The summed E-state index contributed by atoms with van der Waals surface area (Å²) in [5.41, 5.74) is 1.35. The van der Waals surface area contributed by atoms with Gasteiger partial charge in [0, 0.05) is 14.9 Å². The Labute approximate surface area is 185 Å². The minimum atomic E-state index is -0.611. The van der Waals surface area contributed by atoms with Crippen LogP contribution in [0.3, 0.4) is 0 Å². The van der Waals surface area contributed by atoms with Crippen LogP contribution in [0.4, 0.5) is 0 Å².